The fourth-order valence-corrected chi connectivity index (χ4v) is 3.07. The minimum absolute atomic E-state index is 0.0447. The number of halogens is 1. The Hall–Kier alpha value is -3.06. The summed E-state index contributed by atoms with van der Waals surface area (Å²) in [7, 11) is 0. The Morgan fingerprint density at radius 2 is 1.92 bits per heavy atom. The van der Waals surface area contributed by atoms with E-state index in [0.717, 1.165) is 4.57 Å². The molecule has 0 aliphatic rings. The molecule has 0 radical (unpaired) electrons. The molecule has 0 amide bonds. The second-order valence-electron chi connectivity index (χ2n) is 5.77. The van der Waals surface area contributed by atoms with Crippen LogP contribution < -0.4 is 11.2 Å². The summed E-state index contributed by atoms with van der Waals surface area (Å²) in [6.07, 6.45) is 3.07. The van der Waals surface area contributed by atoms with E-state index in [2.05, 4.69) is 4.98 Å². The molecule has 0 aliphatic carbocycles. The maximum atomic E-state index is 13.1. The van der Waals surface area contributed by atoms with Crippen LogP contribution in [-0.4, -0.2) is 18.7 Å². The first kappa shape index (κ1) is 16.4. The summed E-state index contributed by atoms with van der Waals surface area (Å²) in [6.45, 7) is 2.52. The van der Waals surface area contributed by atoms with Crippen molar-refractivity contribution in [3.05, 3.63) is 80.6 Å². The lowest BCUT2D eigenvalue weighted by Crippen LogP contribution is -2.40. The average molecular weight is 371 g/mol. The van der Waals surface area contributed by atoms with E-state index in [1.54, 1.807) is 47.3 Å². The molecule has 26 heavy (non-hydrogen) atoms. The van der Waals surface area contributed by atoms with Crippen LogP contribution >= 0.6 is 11.6 Å². The predicted octanol–water partition coefficient (Wildman–Crippen LogP) is 2.66. The quantitative estimate of drug-likeness (QED) is 0.553. The highest BCUT2D eigenvalue weighted by atomic mass is 35.5. The molecule has 132 valence electrons. The predicted molar refractivity (Wildman–Crippen MR) is 98.1 cm³/mol. The van der Waals surface area contributed by atoms with Gasteiger partial charge in [-0.25, -0.2) is 14.3 Å². The second kappa shape index (κ2) is 6.34. The lowest BCUT2D eigenvalue weighted by atomic mass is 10.3. The Kier molecular flexibility index (Phi) is 4.00. The number of furan rings is 1. The van der Waals surface area contributed by atoms with E-state index in [1.165, 1.54) is 10.8 Å². The highest BCUT2D eigenvalue weighted by molar-refractivity contribution is 6.30. The molecule has 3 aromatic heterocycles. The minimum Gasteiger partial charge on any atom is -0.467 e. The Morgan fingerprint density at radius 3 is 2.58 bits per heavy atom. The topological polar surface area (TPSA) is 75.0 Å². The fraction of sp³-hybridized carbons (Fsp3) is 0.167. The Morgan fingerprint density at radius 1 is 1.15 bits per heavy atom. The van der Waals surface area contributed by atoms with E-state index in [1.807, 2.05) is 6.92 Å². The van der Waals surface area contributed by atoms with Gasteiger partial charge in [0.25, 0.3) is 5.56 Å². The van der Waals surface area contributed by atoms with E-state index >= 15 is 0 Å². The SMILES string of the molecule is CCn1cnc2c1c(=O)n(Cc1ccco1)c(=O)n2-c1ccc(Cl)cc1. The number of hydrogen-bond donors (Lipinski definition) is 0. The Balaban J connectivity index is 2.07. The van der Waals surface area contributed by atoms with Crippen LogP contribution in [0.25, 0.3) is 16.9 Å². The van der Waals surface area contributed by atoms with Gasteiger partial charge in [0.05, 0.1) is 24.8 Å². The number of hydrogen-bond acceptors (Lipinski definition) is 4. The van der Waals surface area contributed by atoms with Crippen molar-refractivity contribution in [2.75, 3.05) is 0 Å². The van der Waals surface area contributed by atoms with Gasteiger partial charge in [-0.05, 0) is 43.3 Å². The summed E-state index contributed by atoms with van der Waals surface area (Å²) >= 11 is 5.96. The molecule has 0 atom stereocenters. The molecule has 1 aromatic carbocycles. The molecule has 0 aliphatic heterocycles. The van der Waals surface area contributed by atoms with Crippen molar-refractivity contribution in [3.8, 4) is 5.69 Å². The molecule has 7 nitrogen and oxygen atoms in total. The molecule has 0 saturated heterocycles. The molecule has 4 rings (SSSR count). The van der Waals surface area contributed by atoms with Crippen LogP contribution in [-0.2, 0) is 13.1 Å². The van der Waals surface area contributed by atoms with Crippen LogP contribution in [0.1, 0.15) is 12.7 Å². The summed E-state index contributed by atoms with van der Waals surface area (Å²) in [5.41, 5.74) is 0.390. The van der Waals surface area contributed by atoms with Crippen LogP contribution in [0.3, 0.4) is 0 Å². The summed E-state index contributed by atoms with van der Waals surface area (Å²) in [5.74, 6) is 0.522. The van der Waals surface area contributed by atoms with Gasteiger partial charge >= 0.3 is 5.69 Å². The molecule has 0 bridgehead atoms. The van der Waals surface area contributed by atoms with Crippen molar-refractivity contribution in [1.29, 1.82) is 0 Å². The van der Waals surface area contributed by atoms with E-state index < -0.39 is 11.2 Å². The van der Waals surface area contributed by atoms with Crippen LogP contribution in [0.2, 0.25) is 5.02 Å². The van der Waals surface area contributed by atoms with E-state index in [-0.39, 0.29) is 6.54 Å². The first-order valence-electron chi connectivity index (χ1n) is 8.09. The van der Waals surface area contributed by atoms with Gasteiger partial charge in [0.1, 0.15) is 5.76 Å². The maximum absolute atomic E-state index is 13.1. The number of benzene rings is 1. The van der Waals surface area contributed by atoms with Gasteiger partial charge in [0.15, 0.2) is 11.2 Å². The molecular formula is C18H15ClN4O3. The van der Waals surface area contributed by atoms with Crippen molar-refractivity contribution in [1.82, 2.24) is 18.7 Å². The number of aryl methyl sites for hydroxylation is 1. The summed E-state index contributed by atoms with van der Waals surface area (Å²) in [4.78, 5) is 30.4. The maximum Gasteiger partial charge on any atom is 0.337 e. The highest BCUT2D eigenvalue weighted by Gasteiger charge is 2.19. The Labute approximate surface area is 152 Å². The zero-order chi connectivity index (χ0) is 18.3. The second-order valence-corrected chi connectivity index (χ2v) is 6.20. The number of nitrogens with zero attached hydrogens (tertiary/aromatic N) is 4. The lowest BCUT2D eigenvalue weighted by Gasteiger charge is -2.12. The molecular weight excluding hydrogens is 356 g/mol. The van der Waals surface area contributed by atoms with Crippen LogP contribution in [0.5, 0.6) is 0 Å². The third-order valence-corrected chi connectivity index (χ3v) is 4.47. The fourth-order valence-electron chi connectivity index (χ4n) is 2.94. The molecule has 0 unspecified atom stereocenters. The van der Waals surface area contributed by atoms with E-state index in [4.69, 9.17) is 16.0 Å². The van der Waals surface area contributed by atoms with E-state index in [9.17, 15) is 9.59 Å². The normalized spacial score (nSPS) is 11.3. The molecule has 4 aromatic rings. The number of fused-ring (bicyclic) bond motifs is 1. The summed E-state index contributed by atoms with van der Waals surface area (Å²) in [6, 6.07) is 10.3. The van der Waals surface area contributed by atoms with Crippen molar-refractivity contribution >= 4 is 22.8 Å². The third-order valence-electron chi connectivity index (χ3n) is 4.22. The summed E-state index contributed by atoms with van der Waals surface area (Å²) < 4.78 is 9.61. The van der Waals surface area contributed by atoms with Gasteiger partial charge < -0.3 is 8.98 Å². The van der Waals surface area contributed by atoms with Crippen molar-refractivity contribution in [3.63, 3.8) is 0 Å². The summed E-state index contributed by atoms with van der Waals surface area (Å²) in [5, 5.41) is 0.557. The average Bonchev–Trinajstić information content (AvgIpc) is 3.29. The number of aromatic nitrogens is 4. The molecule has 8 heteroatoms. The zero-order valence-electron chi connectivity index (χ0n) is 13.9. The minimum atomic E-state index is -0.484. The number of rotatable bonds is 4. The third kappa shape index (κ3) is 2.57. The van der Waals surface area contributed by atoms with Crippen LogP contribution in [0.15, 0.2) is 63.0 Å². The van der Waals surface area contributed by atoms with Gasteiger partial charge in [-0.15, -0.1) is 0 Å². The van der Waals surface area contributed by atoms with E-state index in [0.29, 0.717) is 34.2 Å². The largest absolute Gasteiger partial charge is 0.467 e. The van der Waals surface area contributed by atoms with Gasteiger partial charge in [-0.1, -0.05) is 11.6 Å². The molecule has 0 fully saturated rings. The van der Waals surface area contributed by atoms with Gasteiger partial charge in [0.2, 0.25) is 0 Å². The zero-order valence-corrected chi connectivity index (χ0v) is 14.7. The first-order valence-corrected chi connectivity index (χ1v) is 8.47. The van der Waals surface area contributed by atoms with Gasteiger partial charge in [-0.2, -0.15) is 0 Å². The van der Waals surface area contributed by atoms with Gasteiger partial charge in [0, 0.05) is 11.6 Å². The van der Waals surface area contributed by atoms with Crippen molar-refractivity contribution in [2.24, 2.45) is 0 Å². The molecule has 0 N–H and O–H groups in total. The monoisotopic (exact) mass is 370 g/mol. The Bertz CT molecular complexity index is 1180. The van der Waals surface area contributed by atoms with Crippen molar-refractivity contribution in [2.45, 2.75) is 20.0 Å². The first-order chi connectivity index (χ1) is 12.6. The van der Waals surface area contributed by atoms with Crippen LogP contribution in [0, 0.1) is 0 Å². The lowest BCUT2D eigenvalue weighted by molar-refractivity contribution is 0.482. The molecule has 3 heterocycles. The number of imidazole rings is 1. The van der Waals surface area contributed by atoms with Gasteiger partial charge in [-0.3, -0.25) is 9.36 Å². The molecule has 0 saturated carbocycles. The molecule has 0 spiro atoms. The standard InChI is InChI=1S/C18H15ClN4O3/c1-2-21-11-20-16-15(21)17(24)22(10-14-4-3-9-26-14)18(25)23(16)13-7-5-12(19)6-8-13/h3-9,11H,2,10H2,1H3. The van der Waals surface area contributed by atoms with Crippen LogP contribution in [0.4, 0.5) is 0 Å². The smallest absolute Gasteiger partial charge is 0.337 e. The highest BCUT2D eigenvalue weighted by Crippen LogP contribution is 2.16. The van der Waals surface area contributed by atoms with Crippen molar-refractivity contribution < 1.29 is 4.42 Å².